The minimum atomic E-state index is -0.114. The molecule has 4 aliphatic rings. The lowest BCUT2D eigenvalue weighted by atomic mass is 9.92. The number of nitrogens with zero attached hydrogens (tertiary/aromatic N) is 5. The summed E-state index contributed by atoms with van der Waals surface area (Å²) < 4.78 is 8.13. The molecule has 230 valence electrons. The molecule has 1 aromatic heterocycles. The predicted molar refractivity (Wildman–Crippen MR) is 178 cm³/mol. The van der Waals surface area contributed by atoms with Gasteiger partial charge >= 0.3 is 0 Å². The molecule has 3 heterocycles. The number of carbonyl (C=O) groups is 1. The molecule has 2 unspecified atom stereocenters. The summed E-state index contributed by atoms with van der Waals surface area (Å²) in [5, 5.41) is 8.78. The Hall–Kier alpha value is -4.01. The first kappa shape index (κ1) is 30.0. The van der Waals surface area contributed by atoms with Crippen LogP contribution in [0.3, 0.4) is 0 Å². The second-order valence-electron chi connectivity index (χ2n) is 12.3. The number of piperazine rings is 1. The van der Waals surface area contributed by atoms with Gasteiger partial charge in [0.25, 0.3) is 5.91 Å². The van der Waals surface area contributed by atoms with Crippen LogP contribution in [0.25, 0.3) is 10.9 Å². The molecule has 1 amide bonds. The largest absolute Gasteiger partial charge is 0.492 e. The maximum absolute atomic E-state index is 13.4. The van der Waals surface area contributed by atoms with E-state index in [-0.39, 0.29) is 11.8 Å². The molecular formula is C36H44N6O2. The van der Waals surface area contributed by atoms with Gasteiger partial charge in [0.2, 0.25) is 0 Å². The molecule has 2 aliphatic carbocycles. The number of fused-ring (bicyclic) bond motifs is 2. The second-order valence-corrected chi connectivity index (χ2v) is 12.3. The number of nitrogens with one attached hydrogen (secondary N) is 1. The number of benzene rings is 1. The number of anilines is 1. The van der Waals surface area contributed by atoms with Crippen LogP contribution in [0.4, 0.5) is 5.69 Å². The average molecular weight is 593 g/mol. The number of amides is 1. The summed E-state index contributed by atoms with van der Waals surface area (Å²) in [7, 11) is 2.17. The van der Waals surface area contributed by atoms with Crippen LogP contribution in [0.2, 0.25) is 0 Å². The van der Waals surface area contributed by atoms with Gasteiger partial charge in [0.15, 0.2) is 0 Å². The Morgan fingerprint density at radius 3 is 2.82 bits per heavy atom. The number of hydrogen-bond donors (Lipinski definition) is 1. The van der Waals surface area contributed by atoms with Crippen molar-refractivity contribution in [2.45, 2.75) is 39.7 Å². The molecular weight excluding hydrogens is 548 g/mol. The molecule has 0 saturated carbocycles. The van der Waals surface area contributed by atoms with Crippen molar-refractivity contribution in [2.75, 3.05) is 51.7 Å². The molecule has 2 aliphatic heterocycles. The molecule has 0 spiro atoms. The van der Waals surface area contributed by atoms with E-state index in [1.54, 1.807) is 6.20 Å². The van der Waals surface area contributed by atoms with Gasteiger partial charge < -0.3 is 15.0 Å². The SMILES string of the molecule is CC1=CC=CC=C(CCn2ncc3c(NC(=O)C4=CN=C5C=C(OCCN6CCN(C)CC6)C=CC5CC4)cccc32)C1C. The zero-order valence-corrected chi connectivity index (χ0v) is 26.2. The van der Waals surface area contributed by atoms with Crippen LogP contribution >= 0.6 is 0 Å². The zero-order chi connectivity index (χ0) is 30.5. The van der Waals surface area contributed by atoms with Crippen molar-refractivity contribution >= 4 is 28.2 Å². The van der Waals surface area contributed by atoms with Crippen molar-refractivity contribution in [2.24, 2.45) is 16.8 Å². The smallest absolute Gasteiger partial charge is 0.253 e. The van der Waals surface area contributed by atoms with E-state index in [2.05, 4.69) is 83.6 Å². The lowest BCUT2D eigenvalue weighted by molar-refractivity contribution is -0.113. The van der Waals surface area contributed by atoms with Gasteiger partial charge in [-0.1, -0.05) is 54.5 Å². The minimum absolute atomic E-state index is 0.114. The fraction of sp³-hybridized carbons (Fsp3) is 0.417. The van der Waals surface area contributed by atoms with Crippen LogP contribution < -0.4 is 5.32 Å². The summed E-state index contributed by atoms with van der Waals surface area (Å²) >= 11 is 0. The Bertz CT molecular complexity index is 1600. The standard InChI is InChI=1S/C36H44N6O2/c1-26-7-4-5-8-28(27(26)2)15-16-42-35-10-6-9-33(32(35)25-38-42)39-36(43)30-12-11-29-13-14-31(23-34(29)37-24-30)44-22-21-41-19-17-40(3)18-20-41/h4-10,13-14,23-25,27,29H,11-12,15-22H2,1-3H3,(H,39,43). The van der Waals surface area contributed by atoms with E-state index in [4.69, 9.17) is 9.73 Å². The average Bonchev–Trinajstić information content (AvgIpc) is 3.23. The number of ether oxygens (including phenoxy) is 1. The maximum Gasteiger partial charge on any atom is 0.253 e. The maximum atomic E-state index is 13.4. The minimum Gasteiger partial charge on any atom is -0.492 e. The van der Waals surface area contributed by atoms with E-state index < -0.39 is 0 Å². The number of aromatic nitrogens is 2. The normalized spacial score (nSPS) is 22.7. The quantitative estimate of drug-likeness (QED) is 0.393. The summed E-state index contributed by atoms with van der Waals surface area (Å²) in [4.78, 5) is 23.0. The number of allylic oxidation sites excluding steroid dienone is 9. The molecule has 0 radical (unpaired) electrons. The highest BCUT2D eigenvalue weighted by molar-refractivity contribution is 6.09. The molecule has 1 saturated heterocycles. The van der Waals surface area contributed by atoms with Crippen LogP contribution in [0.15, 0.2) is 101 Å². The van der Waals surface area contributed by atoms with E-state index in [0.717, 1.165) is 80.2 Å². The number of likely N-dealkylation sites (N-methyl/N-ethyl adjacent to an activating group) is 1. The molecule has 1 N–H and O–H groups in total. The van der Waals surface area contributed by atoms with E-state index in [1.165, 1.54) is 11.1 Å². The van der Waals surface area contributed by atoms with Crippen molar-refractivity contribution in [1.29, 1.82) is 0 Å². The highest BCUT2D eigenvalue weighted by Crippen LogP contribution is 2.29. The van der Waals surface area contributed by atoms with Gasteiger partial charge in [-0.05, 0) is 57.4 Å². The highest BCUT2D eigenvalue weighted by Gasteiger charge is 2.23. The number of aliphatic imine (C=N–C) groups is 1. The van der Waals surface area contributed by atoms with Crippen LogP contribution in [0.1, 0.15) is 33.1 Å². The van der Waals surface area contributed by atoms with Crippen molar-refractivity contribution in [3.63, 3.8) is 0 Å². The Labute approximate surface area is 260 Å². The van der Waals surface area contributed by atoms with Crippen molar-refractivity contribution in [3.05, 3.63) is 95.6 Å². The van der Waals surface area contributed by atoms with Gasteiger partial charge in [0, 0.05) is 68.4 Å². The molecule has 8 heteroatoms. The predicted octanol–water partition coefficient (Wildman–Crippen LogP) is 5.90. The lowest BCUT2D eigenvalue weighted by Crippen LogP contribution is -2.45. The molecule has 2 atom stereocenters. The fourth-order valence-electron chi connectivity index (χ4n) is 6.24. The van der Waals surface area contributed by atoms with E-state index in [0.29, 0.717) is 24.5 Å². The van der Waals surface area contributed by atoms with E-state index in [9.17, 15) is 4.79 Å². The third-order valence-corrected chi connectivity index (χ3v) is 9.39. The van der Waals surface area contributed by atoms with Gasteiger partial charge in [-0.25, -0.2) is 0 Å². The summed E-state index contributed by atoms with van der Waals surface area (Å²) in [6.07, 6.45) is 20.9. The monoisotopic (exact) mass is 592 g/mol. The lowest BCUT2D eigenvalue weighted by Gasteiger charge is -2.32. The van der Waals surface area contributed by atoms with Gasteiger partial charge in [-0.2, -0.15) is 5.10 Å². The van der Waals surface area contributed by atoms with E-state index in [1.807, 2.05) is 29.1 Å². The number of carbonyl (C=O) groups excluding carboxylic acids is 1. The van der Waals surface area contributed by atoms with Crippen LogP contribution in [0.5, 0.6) is 0 Å². The van der Waals surface area contributed by atoms with Gasteiger partial charge in [0.1, 0.15) is 12.4 Å². The van der Waals surface area contributed by atoms with Crippen LogP contribution in [0, 0.1) is 11.8 Å². The first-order valence-corrected chi connectivity index (χ1v) is 15.9. The molecule has 2 aromatic rings. The Morgan fingerprint density at radius 1 is 1.11 bits per heavy atom. The van der Waals surface area contributed by atoms with Crippen molar-refractivity contribution in [1.82, 2.24) is 19.6 Å². The first-order chi connectivity index (χ1) is 21.4. The molecule has 8 nitrogen and oxygen atoms in total. The third-order valence-electron chi connectivity index (χ3n) is 9.39. The molecule has 0 bridgehead atoms. The zero-order valence-electron chi connectivity index (χ0n) is 26.2. The van der Waals surface area contributed by atoms with Gasteiger partial charge in [-0.15, -0.1) is 0 Å². The van der Waals surface area contributed by atoms with Crippen LogP contribution in [-0.4, -0.2) is 77.6 Å². The van der Waals surface area contributed by atoms with Crippen molar-refractivity contribution in [3.8, 4) is 0 Å². The van der Waals surface area contributed by atoms with Gasteiger partial charge in [-0.3, -0.25) is 19.4 Å². The summed E-state index contributed by atoms with van der Waals surface area (Å²) in [6, 6.07) is 6.00. The summed E-state index contributed by atoms with van der Waals surface area (Å²) in [5.74, 6) is 1.33. The highest BCUT2D eigenvalue weighted by atomic mass is 16.5. The first-order valence-electron chi connectivity index (χ1n) is 15.9. The molecule has 44 heavy (non-hydrogen) atoms. The molecule has 1 fully saturated rings. The number of aryl methyl sites for hydroxylation is 1. The topological polar surface area (TPSA) is 75.0 Å². The van der Waals surface area contributed by atoms with Crippen LogP contribution in [-0.2, 0) is 16.1 Å². The Balaban J connectivity index is 1.07. The Kier molecular flexibility index (Phi) is 9.38. The second kappa shape index (κ2) is 13.7. The summed E-state index contributed by atoms with van der Waals surface area (Å²) in [6.45, 7) is 11.2. The molecule has 6 rings (SSSR count). The van der Waals surface area contributed by atoms with Crippen molar-refractivity contribution < 1.29 is 9.53 Å². The van der Waals surface area contributed by atoms with Gasteiger partial charge in [0.05, 0.1) is 23.1 Å². The number of rotatable bonds is 9. The third kappa shape index (κ3) is 7.03. The Morgan fingerprint density at radius 2 is 1.95 bits per heavy atom. The fourth-order valence-corrected chi connectivity index (χ4v) is 6.24. The van der Waals surface area contributed by atoms with E-state index >= 15 is 0 Å². The summed E-state index contributed by atoms with van der Waals surface area (Å²) in [5.41, 5.74) is 6.19. The molecule has 1 aromatic carbocycles. The number of hydrogen-bond acceptors (Lipinski definition) is 6.